The lowest BCUT2D eigenvalue weighted by molar-refractivity contribution is -0.141. The fraction of sp³-hybridized carbons (Fsp3) is 0.333. The van der Waals surface area contributed by atoms with E-state index in [1.165, 1.54) is 0 Å². The predicted octanol–water partition coefficient (Wildman–Crippen LogP) is 2.62. The first-order valence-electron chi connectivity index (χ1n) is 8.60. The van der Waals surface area contributed by atoms with Crippen LogP contribution in [-0.4, -0.2) is 27.8 Å². The largest absolute Gasteiger partial charge is 0.434 e. The van der Waals surface area contributed by atoms with Crippen molar-refractivity contribution in [1.29, 1.82) is 0 Å². The quantitative estimate of drug-likeness (QED) is 0.723. The summed E-state index contributed by atoms with van der Waals surface area (Å²) in [6.07, 6.45) is -2.74. The zero-order valence-electron chi connectivity index (χ0n) is 14.7. The second kappa shape index (κ2) is 7.83. The topological polar surface area (TPSA) is 110 Å². The number of nitrogens with zero attached hydrogens (tertiary/aromatic N) is 2. The van der Waals surface area contributed by atoms with Crippen LogP contribution in [0.2, 0.25) is 0 Å². The number of carbonyl (C=O) groups is 2. The van der Waals surface area contributed by atoms with Gasteiger partial charge in [-0.3, -0.25) is 9.59 Å². The average molecular weight is 393 g/mol. The summed E-state index contributed by atoms with van der Waals surface area (Å²) in [6, 6.07) is 8.03. The molecule has 1 heterocycles. The lowest BCUT2D eigenvalue weighted by Crippen LogP contribution is -2.35. The monoisotopic (exact) mass is 393 g/mol. The van der Waals surface area contributed by atoms with Gasteiger partial charge in [0.05, 0.1) is 5.56 Å². The van der Waals surface area contributed by atoms with Gasteiger partial charge in [0.2, 0.25) is 11.9 Å². The van der Waals surface area contributed by atoms with Gasteiger partial charge in [-0.1, -0.05) is 18.2 Å². The van der Waals surface area contributed by atoms with Crippen molar-refractivity contribution in [2.45, 2.75) is 31.5 Å². The first-order valence-corrected chi connectivity index (χ1v) is 8.60. The number of halogens is 3. The van der Waals surface area contributed by atoms with Crippen LogP contribution < -0.4 is 16.4 Å². The van der Waals surface area contributed by atoms with E-state index < -0.39 is 35.3 Å². The number of hydrogen-bond donors (Lipinski definition) is 3. The maximum Gasteiger partial charge on any atom is 0.434 e. The van der Waals surface area contributed by atoms with E-state index in [9.17, 15) is 22.8 Å². The highest BCUT2D eigenvalue weighted by Gasteiger charge is 2.39. The molecule has 0 radical (unpaired) electrons. The molecule has 2 atom stereocenters. The molecule has 0 saturated heterocycles. The number of para-hydroxylation sites is 1. The van der Waals surface area contributed by atoms with Gasteiger partial charge in [0.1, 0.15) is 0 Å². The number of primary amides is 1. The standard InChI is InChI=1S/C18H18F3N5O2/c19-18(20,21)14-13(16(28)24-12-7-6-10(8-12)15(22)27)9-23-17(26-14)25-11-4-2-1-3-5-11/h1-5,9-10,12H,6-8H2,(H2,22,27)(H,24,28)(H,23,25,26)/t10-,12+/m1/s1. The molecule has 2 aromatic rings. The number of hydrogen-bond acceptors (Lipinski definition) is 5. The molecule has 1 saturated carbocycles. The molecule has 2 amide bonds. The van der Waals surface area contributed by atoms with E-state index in [-0.39, 0.29) is 11.9 Å². The number of aromatic nitrogens is 2. The summed E-state index contributed by atoms with van der Waals surface area (Å²) in [5.41, 5.74) is 3.74. The predicted molar refractivity (Wildman–Crippen MR) is 94.5 cm³/mol. The molecule has 0 unspecified atom stereocenters. The molecule has 1 aromatic heterocycles. The minimum Gasteiger partial charge on any atom is -0.369 e. The number of nitrogens with one attached hydrogen (secondary N) is 2. The number of amides is 2. The Morgan fingerprint density at radius 1 is 1.14 bits per heavy atom. The zero-order chi connectivity index (χ0) is 20.3. The number of rotatable bonds is 5. The van der Waals surface area contributed by atoms with Crippen molar-refractivity contribution in [2.24, 2.45) is 11.7 Å². The molecule has 1 fully saturated rings. The van der Waals surface area contributed by atoms with Crippen molar-refractivity contribution in [1.82, 2.24) is 15.3 Å². The van der Waals surface area contributed by atoms with Gasteiger partial charge in [-0.2, -0.15) is 13.2 Å². The van der Waals surface area contributed by atoms with E-state index >= 15 is 0 Å². The highest BCUT2D eigenvalue weighted by Crippen LogP contribution is 2.32. The minimum absolute atomic E-state index is 0.273. The van der Waals surface area contributed by atoms with E-state index in [1.807, 2.05) is 0 Å². The molecule has 148 valence electrons. The molecule has 0 aliphatic heterocycles. The van der Waals surface area contributed by atoms with Crippen LogP contribution in [0.4, 0.5) is 24.8 Å². The van der Waals surface area contributed by atoms with Crippen LogP contribution in [0.1, 0.15) is 35.3 Å². The number of alkyl halides is 3. The van der Waals surface area contributed by atoms with Gasteiger partial charge in [0.25, 0.3) is 5.91 Å². The van der Waals surface area contributed by atoms with Crippen molar-refractivity contribution in [3.8, 4) is 0 Å². The molecule has 3 rings (SSSR count). The fourth-order valence-corrected chi connectivity index (χ4v) is 3.11. The van der Waals surface area contributed by atoms with Crippen LogP contribution in [0.5, 0.6) is 0 Å². The lowest BCUT2D eigenvalue weighted by atomic mass is 10.1. The number of nitrogens with two attached hydrogens (primary N) is 1. The molecule has 4 N–H and O–H groups in total. The molecule has 1 aliphatic rings. The van der Waals surface area contributed by atoms with Crippen molar-refractivity contribution in [2.75, 3.05) is 5.32 Å². The van der Waals surface area contributed by atoms with Crippen LogP contribution >= 0.6 is 0 Å². The van der Waals surface area contributed by atoms with Gasteiger partial charge in [-0.25, -0.2) is 9.97 Å². The zero-order valence-corrected chi connectivity index (χ0v) is 14.7. The van der Waals surface area contributed by atoms with Gasteiger partial charge >= 0.3 is 6.18 Å². The van der Waals surface area contributed by atoms with E-state index in [2.05, 4.69) is 20.6 Å². The summed E-state index contributed by atoms with van der Waals surface area (Å²) in [4.78, 5) is 30.9. The summed E-state index contributed by atoms with van der Waals surface area (Å²) >= 11 is 0. The van der Waals surface area contributed by atoms with E-state index in [0.717, 1.165) is 6.20 Å². The fourth-order valence-electron chi connectivity index (χ4n) is 3.11. The summed E-state index contributed by atoms with van der Waals surface area (Å²) < 4.78 is 40.3. The van der Waals surface area contributed by atoms with E-state index in [0.29, 0.717) is 24.9 Å². The second-order valence-electron chi connectivity index (χ2n) is 6.53. The Labute approximate surface area is 158 Å². The van der Waals surface area contributed by atoms with Crippen LogP contribution in [0.3, 0.4) is 0 Å². The Morgan fingerprint density at radius 2 is 1.86 bits per heavy atom. The van der Waals surface area contributed by atoms with Gasteiger partial charge in [0.15, 0.2) is 5.69 Å². The van der Waals surface area contributed by atoms with Crippen LogP contribution in [0, 0.1) is 5.92 Å². The van der Waals surface area contributed by atoms with Crippen LogP contribution in [0.15, 0.2) is 36.5 Å². The highest BCUT2D eigenvalue weighted by molar-refractivity contribution is 5.95. The third-order valence-electron chi connectivity index (χ3n) is 4.50. The summed E-state index contributed by atoms with van der Waals surface area (Å²) in [5.74, 6) is -2.08. The van der Waals surface area contributed by atoms with Crippen molar-refractivity contribution in [3.05, 3.63) is 47.8 Å². The first kappa shape index (κ1) is 19.6. The minimum atomic E-state index is -4.84. The van der Waals surface area contributed by atoms with Crippen LogP contribution in [0.25, 0.3) is 0 Å². The maximum atomic E-state index is 13.4. The third-order valence-corrected chi connectivity index (χ3v) is 4.50. The summed E-state index contributed by atoms with van der Waals surface area (Å²) in [5, 5.41) is 5.18. The highest BCUT2D eigenvalue weighted by atomic mass is 19.4. The molecule has 1 aromatic carbocycles. The maximum absolute atomic E-state index is 13.4. The summed E-state index contributed by atoms with van der Waals surface area (Å²) in [7, 11) is 0. The summed E-state index contributed by atoms with van der Waals surface area (Å²) in [6.45, 7) is 0. The molecule has 7 nitrogen and oxygen atoms in total. The molecular formula is C18H18F3N5O2. The third kappa shape index (κ3) is 4.56. The van der Waals surface area contributed by atoms with Gasteiger partial charge in [0, 0.05) is 23.8 Å². The van der Waals surface area contributed by atoms with Gasteiger partial charge in [-0.15, -0.1) is 0 Å². The van der Waals surface area contributed by atoms with Gasteiger partial charge < -0.3 is 16.4 Å². The molecular weight excluding hydrogens is 375 g/mol. The number of carbonyl (C=O) groups excluding carboxylic acids is 2. The number of benzene rings is 1. The SMILES string of the molecule is NC(=O)[C@@H]1CC[C@H](NC(=O)c2cnc(Nc3ccccc3)nc2C(F)(F)F)C1. The Hall–Kier alpha value is -3.17. The molecule has 10 heteroatoms. The Kier molecular flexibility index (Phi) is 5.48. The van der Waals surface area contributed by atoms with Crippen molar-refractivity contribution in [3.63, 3.8) is 0 Å². The van der Waals surface area contributed by atoms with Crippen molar-refractivity contribution < 1.29 is 22.8 Å². The molecule has 0 bridgehead atoms. The number of anilines is 2. The second-order valence-corrected chi connectivity index (χ2v) is 6.53. The molecule has 1 aliphatic carbocycles. The lowest BCUT2D eigenvalue weighted by Gasteiger charge is -2.16. The van der Waals surface area contributed by atoms with E-state index in [1.54, 1.807) is 30.3 Å². The first-order chi connectivity index (χ1) is 13.2. The van der Waals surface area contributed by atoms with Crippen LogP contribution in [-0.2, 0) is 11.0 Å². The smallest absolute Gasteiger partial charge is 0.369 e. The van der Waals surface area contributed by atoms with Crippen molar-refractivity contribution >= 4 is 23.5 Å². The molecule has 28 heavy (non-hydrogen) atoms. The van der Waals surface area contributed by atoms with E-state index in [4.69, 9.17) is 5.73 Å². The Morgan fingerprint density at radius 3 is 2.46 bits per heavy atom. The van der Waals surface area contributed by atoms with Gasteiger partial charge in [-0.05, 0) is 31.4 Å². The Bertz CT molecular complexity index is 873. The Balaban J connectivity index is 1.80. The average Bonchev–Trinajstić information content (AvgIpc) is 3.10. The normalized spacial score (nSPS) is 19.2. The molecule has 0 spiro atoms.